The Labute approximate surface area is 75.4 Å². The fraction of sp³-hybridized carbons (Fsp3) is 1.00. The Kier molecular flexibility index (Phi) is 4.01. The molecule has 1 saturated heterocycles. The molecular formula is C7H13FNRe-. The first kappa shape index (κ1) is 10.6. The van der Waals surface area contributed by atoms with Crippen LogP contribution in [0.2, 0.25) is 0 Å². The quantitative estimate of drug-likeness (QED) is 0.650. The zero-order valence-corrected chi connectivity index (χ0v) is 9.12. The molecule has 0 aromatic heterocycles. The van der Waals surface area contributed by atoms with Crippen LogP contribution < -0.4 is 0 Å². The van der Waals surface area contributed by atoms with Gasteiger partial charge >= 0.3 is 0 Å². The topological polar surface area (TPSA) is 14.1 Å². The fourth-order valence-electron chi connectivity index (χ4n) is 1.24. The maximum absolute atomic E-state index is 12.6. The van der Waals surface area contributed by atoms with E-state index in [1.807, 2.05) is 0 Å². The summed E-state index contributed by atoms with van der Waals surface area (Å²) in [5, 5.41) is 4.04. The largest absolute Gasteiger partial charge is 0.660 e. The second-order valence-electron chi connectivity index (χ2n) is 3.53. The summed E-state index contributed by atoms with van der Waals surface area (Å²) in [5.41, 5.74) is 0.109. The van der Waals surface area contributed by atoms with E-state index in [1.165, 1.54) is 0 Å². The second-order valence-corrected chi connectivity index (χ2v) is 3.53. The van der Waals surface area contributed by atoms with Gasteiger partial charge in [-0.1, -0.05) is 19.3 Å². The molecule has 61 valence electrons. The van der Waals surface area contributed by atoms with Crippen LogP contribution in [-0.2, 0) is 20.4 Å². The Morgan fingerprint density at radius 3 is 2.40 bits per heavy atom. The van der Waals surface area contributed by atoms with Crippen molar-refractivity contribution in [3.63, 3.8) is 0 Å². The average Bonchev–Trinajstić information content (AvgIpc) is 1.60. The number of rotatable bonds is 0. The standard InChI is InChI=1S/C7H13FN.Re/c1-7(2)3-6(8)4-9-5-7;/h6H,3-5H2,1-2H3;/q-1;. The first-order valence-corrected chi connectivity index (χ1v) is 3.37. The zero-order chi connectivity index (χ0) is 6.91. The molecule has 0 aromatic rings. The maximum Gasteiger partial charge on any atom is 0.0819 e. The van der Waals surface area contributed by atoms with Gasteiger partial charge in [0.1, 0.15) is 0 Å². The first-order valence-electron chi connectivity index (χ1n) is 3.37. The molecule has 0 aliphatic carbocycles. The second kappa shape index (κ2) is 3.80. The monoisotopic (exact) mass is 317 g/mol. The Bertz CT molecular complexity index is 106. The summed E-state index contributed by atoms with van der Waals surface area (Å²) in [6.07, 6.45) is -0.00926. The Morgan fingerprint density at radius 2 is 2.10 bits per heavy atom. The molecule has 1 aliphatic rings. The number of piperidine rings is 1. The van der Waals surface area contributed by atoms with Crippen LogP contribution in [0.25, 0.3) is 5.32 Å². The minimum atomic E-state index is -0.686. The summed E-state index contributed by atoms with van der Waals surface area (Å²) in [4.78, 5) is 0. The molecule has 1 rings (SSSR count). The van der Waals surface area contributed by atoms with E-state index in [1.54, 1.807) is 0 Å². The van der Waals surface area contributed by atoms with Crippen molar-refractivity contribution in [1.29, 1.82) is 0 Å². The van der Waals surface area contributed by atoms with Crippen molar-refractivity contribution >= 4 is 0 Å². The van der Waals surface area contributed by atoms with E-state index in [2.05, 4.69) is 19.2 Å². The van der Waals surface area contributed by atoms with Crippen LogP contribution >= 0.6 is 0 Å². The Balaban J connectivity index is 0.000000810. The summed E-state index contributed by atoms with van der Waals surface area (Å²) in [5.74, 6) is 0. The van der Waals surface area contributed by atoms with Gasteiger partial charge in [-0.2, -0.15) is 0 Å². The number of nitrogens with zero attached hydrogens (tertiary/aromatic N) is 1. The molecule has 1 fully saturated rings. The molecule has 1 nitrogen and oxygen atoms in total. The Hall–Kier alpha value is 0.552. The molecular weight excluding hydrogens is 303 g/mol. The maximum atomic E-state index is 12.6. The third-order valence-corrected chi connectivity index (χ3v) is 1.64. The van der Waals surface area contributed by atoms with Gasteiger partial charge in [-0.05, 0) is 6.42 Å². The smallest absolute Gasteiger partial charge is 0.0819 e. The van der Waals surface area contributed by atoms with Gasteiger partial charge < -0.3 is 5.32 Å². The number of halogens is 1. The van der Waals surface area contributed by atoms with E-state index >= 15 is 0 Å². The van der Waals surface area contributed by atoms with Gasteiger partial charge in [-0.3, -0.25) is 0 Å². The van der Waals surface area contributed by atoms with Crippen LogP contribution in [0.5, 0.6) is 0 Å². The van der Waals surface area contributed by atoms with Crippen LogP contribution in [-0.4, -0.2) is 19.3 Å². The van der Waals surface area contributed by atoms with E-state index in [9.17, 15) is 4.39 Å². The predicted molar refractivity (Wildman–Crippen MR) is 36.4 cm³/mol. The predicted octanol–water partition coefficient (Wildman–Crippen LogP) is 2.13. The molecule has 0 bridgehead atoms. The van der Waals surface area contributed by atoms with Crippen molar-refractivity contribution < 1.29 is 24.8 Å². The van der Waals surface area contributed by atoms with Crippen molar-refractivity contribution in [3.05, 3.63) is 5.32 Å². The molecule has 10 heavy (non-hydrogen) atoms. The van der Waals surface area contributed by atoms with E-state index in [0.29, 0.717) is 13.0 Å². The molecule has 0 saturated carbocycles. The van der Waals surface area contributed by atoms with Crippen LogP contribution in [0.15, 0.2) is 0 Å². The molecule has 0 N–H and O–H groups in total. The first-order chi connectivity index (χ1) is 4.10. The van der Waals surface area contributed by atoms with Crippen molar-refractivity contribution in [2.75, 3.05) is 13.1 Å². The van der Waals surface area contributed by atoms with Gasteiger partial charge in [-0.25, -0.2) is 4.39 Å². The minimum absolute atomic E-state index is 0. The summed E-state index contributed by atoms with van der Waals surface area (Å²) < 4.78 is 12.6. The van der Waals surface area contributed by atoms with E-state index in [0.717, 1.165) is 6.54 Å². The van der Waals surface area contributed by atoms with Gasteiger partial charge in [0.25, 0.3) is 0 Å². The summed E-state index contributed by atoms with van der Waals surface area (Å²) >= 11 is 0. The molecule has 1 atom stereocenters. The number of hydrogen-bond acceptors (Lipinski definition) is 0. The van der Waals surface area contributed by atoms with Gasteiger partial charge in [-0.15, -0.1) is 13.1 Å². The summed E-state index contributed by atoms with van der Waals surface area (Å²) in [6, 6.07) is 0. The van der Waals surface area contributed by atoms with Crippen molar-refractivity contribution in [3.8, 4) is 0 Å². The zero-order valence-electron chi connectivity index (χ0n) is 6.40. The van der Waals surface area contributed by atoms with Crippen LogP contribution in [0, 0.1) is 5.41 Å². The van der Waals surface area contributed by atoms with Crippen LogP contribution in [0.3, 0.4) is 0 Å². The molecule has 3 heteroatoms. The summed E-state index contributed by atoms with van der Waals surface area (Å²) in [7, 11) is 0. The van der Waals surface area contributed by atoms with Gasteiger partial charge in [0.15, 0.2) is 0 Å². The molecule has 0 spiro atoms. The van der Waals surface area contributed by atoms with E-state index < -0.39 is 6.17 Å². The normalized spacial score (nSPS) is 30.9. The van der Waals surface area contributed by atoms with E-state index in [4.69, 9.17) is 0 Å². The number of hydrogen-bond donors (Lipinski definition) is 0. The van der Waals surface area contributed by atoms with Gasteiger partial charge in [0, 0.05) is 20.4 Å². The van der Waals surface area contributed by atoms with Gasteiger partial charge in [0.2, 0.25) is 0 Å². The molecule has 1 unspecified atom stereocenters. The SMILES string of the molecule is CC1(C)C[N-]CC(F)C1.[Re]. The van der Waals surface area contributed by atoms with Crippen molar-refractivity contribution in [2.45, 2.75) is 26.4 Å². The molecule has 1 aliphatic heterocycles. The molecule has 1 radical (unpaired) electrons. The summed E-state index contributed by atoms with van der Waals surface area (Å²) in [6.45, 7) is 5.36. The Morgan fingerprint density at radius 1 is 1.50 bits per heavy atom. The van der Waals surface area contributed by atoms with Gasteiger partial charge in [0.05, 0.1) is 6.17 Å². The van der Waals surface area contributed by atoms with Crippen LogP contribution in [0.4, 0.5) is 4.39 Å². The van der Waals surface area contributed by atoms with Crippen LogP contribution in [0.1, 0.15) is 20.3 Å². The van der Waals surface area contributed by atoms with E-state index in [-0.39, 0.29) is 25.8 Å². The third-order valence-electron chi connectivity index (χ3n) is 1.64. The van der Waals surface area contributed by atoms with Crippen molar-refractivity contribution in [2.24, 2.45) is 5.41 Å². The molecule has 0 amide bonds. The molecule has 1 heterocycles. The molecule has 0 aromatic carbocycles. The minimum Gasteiger partial charge on any atom is -0.660 e. The third kappa shape index (κ3) is 3.10. The fourth-order valence-corrected chi connectivity index (χ4v) is 1.24. The number of alkyl halides is 1. The van der Waals surface area contributed by atoms with Crippen molar-refractivity contribution in [1.82, 2.24) is 0 Å². The average molecular weight is 316 g/mol.